The van der Waals surface area contributed by atoms with Crippen molar-refractivity contribution < 1.29 is 0 Å². The molecule has 25 heavy (non-hydrogen) atoms. The van der Waals surface area contributed by atoms with Crippen molar-refractivity contribution in [2.45, 2.75) is 0 Å². The predicted molar refractivity (Wildman–Crippen MR) is 102 cm³/mol. The van der Waals surface area contributed by atoms with Gasteiger partial charge in [-0.2, -0.15) is 0 Å². The molecule has 0 saturated heterocycles. The summed E-state index contributed by atoms with van der Waals surface area (Å²) in [6.07, 6.45) is 3.51. The Hall–Kier alpha value is -2.92. The first-order valence-corrected chi connectivity index (χ1v) is 8.57. The summed E-state index contributed by atoms with van der Waals surface area (Å²) in [6.45, 7) is 0. The van der Waals surface area contributed by atoms with Gasteiger partial charge in [-0.3, -0.25) is 0 Å². The topological polar surface area (TPSA) is 51.6 Å². The minimum Gasteiger partial charge on any atom is -0.236 e. The number of hydrogen-bond donors (Lipinski definition) is 0. The van der Waals surface area contributed by atoms with Crippen molar-refractivity contribution in [3.8, 4) is 34.0 Å². The van der Waals surface area contributed by atoms with E-state index in [4.69, 9.17) is 0 Å². The van der Waals surface area contributed by atoms with Crippen LogP contribution in [0.2, 0.25) is 0 Å². The van der Waals surface area contributed by atoms with Gasteiger partial charge in [0.15, 0.2) is 11.6 Å². The van der Waals surface area contributed by atoms with E-state index < -0.39 is 0 Å². The average molecular weight is 389 g/mol. The first kappa shape index (κ1) is 15.6. The fourth-order valence-electron chi connectivity index (χ4n) is 2.48. The second-order valence-electron chi connectivity index (χ2n) is 5.43. The van der Waals surface area contributed by atoms with Gasteiger partial charge in [-0.1, -0.05) is 60.7 Å². The molecule has 4 nitrogen and oxygen atoms in total. The lowest BCUT2D eigenvalue weighted by Crippen LogP contribution is -1.96. The summed E-state index contributed by atoms with van der Waals surface area (Å²) >= 11 is 3.47. The summed E-state index contributed by atoms with van der Waals surface area (Å²) in [4.78, 5) is 18.0. The fraction of sp³-hybridized carbons (Fsp3) is 0. The first-order chi connectivity index (χ1) is 12.3. The van der Waals surface area contributed by atoms with Crippen LogP contribution < -0.4 is 0 Å². The van der Waals surface area contributed by atoms with Crippen LogP contribution in [-0.2, 0) is 0 Å². The largest absolute Gasteiger partial charge is 0.236 e. The first-order valence-electron chi connectivity index (χ1n) is 7.77. The second kappa shape index (κ2) is 6.91. The zero-order valence-corrected chi connectivity index (χ0v) is 14.8. The van der Waals surface area contributed by atoms with Crippen LogP contribution in [0.25, 0.3) is 34.0 Å². The van der Waals surface area contributed by atoms with E-state index in [-0.39, 0.29) is 0 Å². The molecule has 0 N–H and O–H groups in total. The van der Waals surface area contributed by atoms with Crippen molar-refractivity contribution in [1.82, 2.24) is 19.9 Å². The zero-order chi connectivity index (χ0) is 17.1. The summed E-state index contributed by atoms with van der Waals surface area (Å²) in [5.41, 5.74) is 3.64. The highest BCUT2D eigenvalue weighted by Crippen LogP contribution is 2.24. The molecule has 2 aromatic heterocycles. The van der Waals surface area contributed by atoms with Gasteiger partial charge in [0.25, 0.3) is 0 Å². The molecule has 0 fully saturated rings. The summed E-state index contributed by atoms with van der Waals surface area (Å²) in [6, 6.07) is 21.8. The van der Waals surface area contributed by atoms with E-state index >= 15 is 0 Å². The molecule has 0 aliphatic carbocycles. The lowest BCUT2D eigenvalue weighted by molar-refractivity contribution is 1.11. The number of hydrogen-bond acceptors (Lipinski definition) is 4. The minimum absolute atomic E-state index is 0.591. The third-order valence-corrected chi connectivity index (χ3v) is 4.11. The molecule has 5 heteroatoms. The molecule has 0 aliphatic rings. The molecule has 0 unspecified atom stereocenters. The third-order valence-electron chi connectivity index (χ3n) is 3.71. The Labute approximate surface area is 153 Å². The lowest BCUT2D eigenvalue weighted by Gasteiger charge is -2.06. The second-order valence-corrected chi connectivity index (χ2v) is 6.24. The highest BCUT2D eigenvalue weighted by Gasteiger charge is 2.09. The van der Waals surface area contributed by atoms with E-state index in [1.54, 1.807) is 12.4 Å². The average Bonchev–Trinajstić information content (AvgIpc) is 2.69. The van der Waals surface area contributed by atoms with Crippen LogP contribution in [-0.4, -0.2) is 19.9 Å². The summed E-state index contributed by atoms with van der Waals surface area (Å²) < 4.78 is 0.725. The summed E-state index contributed by atoms with van der Waals surface area (Å²) in [5.74, 6) is 1.27. The van der Waals surface area contributed by atoms with Crippen molar-refractivity contribution in [1.29, 1.82) is 0 Å². The van der Waals surface area contributed by atoms with Crippen molar-refractivity contribution in [2.75, 3.05) is 0 Å². The van der Waals surface area contributed by atoms with Gasteiger partial charge in [-0.05, 0) is 22.0 Å². The van der Waals surface area contributed by atoms with Crippen LogP contribution in [0.15, 0.2) is 83.7 Å². The van der Waals surface area contributed by atoms with E-state index in [2.05, 4.69) is 35.9 Å². The molecule has 4 rings (SSSR count). The van der Waals surface area contributed by atoms with Crippen LogP contribution in [0.1, 0.15) is 0 Å². The molecular formula is C20H13BrN4. The Kier molecular flexibility index (Phi) is 4.31. The standard InChI is InChI=1S/C20H13BrN4/c21-18-11-17(14-7-3-1-4-8-14)24-20(25-18)16-12-22-19(23-13-16)15-9-5-2-6-10-15/h1-13H. The fourth-order valence-corrected chi connectivity index (χ4v) is 2.87. The number of benzene rings is 2. The molecule has 4 aromatic rings. The molecule has 2 heterocycles. The number of aromatic nitrogens is 4. The van der Waals surface area contributed by atoms with Crippen LogP contribution in [0.5, 0.6) is 0 Å². The van der Waals surface area contributed by atoms with E-state index in [9.17, 15) is 0 Å². The van der Waals surface area contributed by atoms with Gasteiger partial charge in [-0.15, -0.1) is 0 Å². The Morgan fingerprint density at radius 3 is 1.84 bits per heavy atom. The quantitative estimate of drug-likeness (QED) is 0.461. The Morgan fingerprint density at radius 2 is 1.20 bits per heavy atom. The van der Waals surface area contributed by atoms with E-state index in [1.807, 2.05) is 66.7 Å². The van der Waals surface area contributed by atoms with Gasteiger partial charge in [-0.25, -0.2) is 19.9 Å². The van der Waals surface area contributed by atoms with Crippen LogP contribution in [0.4, 0.5) is 0 Å². The Balaban J connectivity index is 1.71. The molecule has 0 spiro atoms. The van der Waals surface area contributed by atoms with Crippen molar-refractivity contribution in [3.63, 3.8) is 0 Å². The van der Waals surface area contributed by atoms with Crippen LogP contribution in [0.3, 0.4) is 0 Å². The summed E-state index contributed by atoms with van der Waals surface area (Å²) in [5, 5.41) is 0. The molecule has 120 valence electrons. The van der Waals surface area contributed by atoms with E-state index in [0.29, 0.717) is 11.6 Å². The number of rotatable bonds is 3. The highest BCUT2D eigenvalue weighted by atomic mass is 79.9. The van der Waals surface area contributed by atoms with Gasteiger partial charge < -0.3 is 0 Å². The molecule has 0 radical (unpaired) electrons. The van der Waals surface area contributed by atoms with Gasteiger partial charge >= 0.3 is 0 Å². The monoisotopic (exact) mass is 388 g/mol. The summed E-state index contributed by atoms with van der Waals surface area (Å²) in [7, 11) is 0. The Morgan fingerprint density at radius 1 is 0.600 bits per heavy atom. The lowest BCUT2D eigenvalue weighted by atomic mass is 10.1. The van der Waals surface area contributed by atoms with Gasteiger partial charge in [0, 0.05) is 23.5 Å². The maximum absolute atomic E-state index is 4.66. The van der Waals surface area contributed by atoms with E-state index in [0.717, 1.165) is 27.0 Å². The smallest absolute Gasteiger partial charge is 0.164 e. The number of halogens is 1. The van der Waals surface area contributed by atoms with Gasteiger partial charge in [0.2, 0.25) is 0 Å². The van der Waals surface area contributed by atoms with Crippen LogP contribution in [0, 0.1) is 0 Å². The van der Waals surface area contributed by atoms with E-state index in [1.165, 1.54) is 0 Å². The zero-order valence-electron chi connectivity index (χ0n) is 13.2. The molecule has 0 atom stereocenters. The minimum atomic E-state index is 0.591. The highest BCUT2D eigenvalue weighted by molar-refractivity contribution is 9.10. The Bertz CT molecular complexity index is 987. The SMILES string of the molecule is Brc1cc(-c2ccccc2)nc(-c2cnc(-c3ccccc3)nc2)n1. The van der Waals surface area contributed by atoms with Gasteiger partial charge in [0.05, 0.1) is 11.3 Å². The molecule has 0 aliphatic heterocycles. The molecule has 0 bridgehead atoms. The van der Waals surface area contributed by atoms with Crippen molar-refractivity contribution >= 4 is 15.9 Å². The molecule has 0 saturated carbocycles. The number of nitrogens with zero attached hydrogens (tertiary/aromatic N) is 4. The van der Waals surface area contributed by atoms with Crippen molar-refractivity contribution in [3.05, 3.63) is 83.7 Å². The predicted octanol–water partition coefficient (Wildman–Crippen LogP) is 5.03. The maximum atomic E-state index is 4.66. The van der Waals surface area contributed by atoms with Crippen molar-refractivity contribution in [2.24, 2.45) is 0 Å². The third kappa shape index (κ3) is 3.46. The molecule has 2 aromatic carbocycles. The van der Waals surface area contributed by atoms with Gasteiger partial charge in [0.1, 0.15) is 4.60 Å². The molecular weight excluding hydrogens is 376 g/mol. The maximum Gasteiger partial charge on any atom is 0.164 e. The molecule has 0 amide bonds. The van der Waals surface area contributed by atoms with Crippen LogP contribution >= 0.6 is 15.9 Å². The normalized spacial score (nSPS) is 10.6.